The molecule has 1 aliphatic carbocycles. The molecule has 0 saturated carbocycles. The Labute approximate surface area is 61.4 Å². The molecular formula is C9H12O. The Bertz CT molecular complexity index is 168. The van der Waals surface area contributed by atoms with Crippen molar-refractivity contribution in [2.45, 2.75) is 19.3 Å². The lowest BCUT2D eigenvalue weighted by Gasteiger charge is -2.01. The fourth-order valence-corrected chi connectivity index (χ4v) is 1.17. The Morgan fingerprint density at radius 1 is 1.80 bits per heavy atom. The molecule has 0 spiro atoms. The summed E-state index contributed by atoms with van der Waals surface area (Å²) in [5, 5.41) is 0. The van der Waals surface area contributed by atoms with Gasteiger partial charge in [-0.2, -0.15) is 0 Å². The molecule has 0 amide bonds. The summed E-state index contributed by atoms with van der Waals surface area (Å²) in [7, 11) is 0. The molecule has 54 valence electrons. The lowest BCUT2D eigenvalue weighted by atomic mass is 10.0. The predicted molar refractivity (Wildman–Crippen MR) is 41.7 cm³/mol. The molecule has 1 heteroatoms. The van der Waals surface area contributed by atoms with E-state index in [4.69, 9.17) is 0 Å². The molecule has 1 aliphatic rings. The second-order valence-electron chi connectivity index (χ2n) is 2.66. The van der Waals surface area contributed by atoms with Crippen LogP contribution in [0.4, 0.5) is 0 Å². The average Bonchev–Trinajstić information content (AvgIpc) is 2.31. The summed E-state index contributed by atoms with van der Waals surface area (Å²) in [5.41, 5.74) is 0. The second kappa shape index (κ2) is 3.35. The van der Waals surface area contributed by atoms with E-state index in [9.17, 15) is 4.79 Å². The Morgan fingerprint density at radius 2 is 2.60 bits per heavy atom. The van der Waals surface area contributed by atoms with E-state index >= 15 is 0 Å². The van der Waals surface area contributed by atoms with Gasteiger partial charge >= 0.3 is 0 Å². The molecule has 0 saturated heterocycles. The van der Waals surface area contributed by atoms with Crippen molar-refractivity contribution in [3.8, 4) is 0 Å². The van der Waals surface area contributed by atoms with Crippen LogP contribution in [0.1, 0.15) is 19.3 Å². The maximum absolute atomic E-state index is 10.7. The highest BCUT2D eigenvalue weighted by Crippen LogP contribution is 2.19. The fraction of sp³-hybridized carbons (Fsp3) is 0.444. The number of hydrogen-bond donors (Lipinski definition) is 0. The van der Waals surface area contributed by atoms with Crippen LogP contribution in [-0.4, -0.2) is 5.78 Å². The van der Waals surface area contributed by atoms with Crippen LogP contribution in [0, 0.1) is 5.92 Å². The highest BCUT2D eigenvalue weighted by molar-refractivity contribution is 5.92. The van der Waals surface area contributed by atoms with Crippen molar-refractivity contribution in [2.75, 3.05) is 0 Å². The van der Waals surface area contributed by atoms with Gasteiger partial charge in [-0.1, -0.05) is 12.2 Å². The van der Waals surface area contributed by atoms with Gasteiger partial charge in [0, 0.05) is 6.42 Å². The Morgan fingerprint density at radius 3 is 3.10 bits per heavy atom. The first-order valence-corrected chi connectivity index (χ1v) is 3.65. The van der Waals surface area contributed by atoms with E-state index in [1.54, 1.807) is 6.08 Å². The summed E-state index contributed by atoms with van der Waals surface area (Å²) in [6.07, 6.45) is 8.40. The van der Waals surface area contributed by atoms with Crippen LogP contribution < -0.4 is 0 Å². The largest absolute Gasteiger partial charge is 0.295 e. The van der Waals surface area contributed by atoms with Gasteiger partial charge in [0.25, 0.3) is 0 Å². The first-order chi connectivity index (χ1) is 4.83. The Kier molecular flexibility index (Phi) is 2.43. The molecule has 1 atom stereocenters. The number of carbonyl (C=O) groups excluding carboxylic acids is 1. The van der Waals surface area contributed by atoms with Gasteiger partial charge < -0.3 is 0 Å². The van der Waals surface area contributed by atoms with Gasteiger partial charge in [-0.15, -0.1) is 6.58 Å². The minimum Gasteiger partial charge on any atom is -0.295 e. The van der Waals surface area contributed by atoms with E-state index < -0.39 is 0 Å². The van der Waals surface area contributed by atoms with Crippen molar-refractivity contribution in [3.63, 3.8) is 0 Å². The van der Waals surface area contributed by atoms with E-state index in [1.165, 1.54) is 0 Å². The minimum atomic E-state index is 0.272. The smallest absolute Gasteiger partial charge is 0.155 e. The number of ketones is 1. The summed E-state index contributed by atoms with van der Waals surface area (Å²) in [6.45, 7) is 3.63. The zero-order chi connectivity index (χ0) is 7.40. The third-order valence-corrected chi connectivity index (χ3v) is 1.76. The van der Waals surface area contributed by atoms with Crippen molar-refractivity contribution in [1.29, 1.82) is 0 Å². The first-order valence-electron chi connectivity index (χ1n) is 3.65. The quantitative estimate of drug-likeness (QED) is 0.543. The average molecular weight is 136 g/mol. The SMILES string of the molecule is C=CCCC1C=CC(=O)C1. The van der Waals surface area contributed by atoms with Crippen molar-refractivity contribution >= 4 is 5.78 Å². The standard InChI is InChI=1S/C9H12O/c1-2-3-4-8-5-6-9(10)7-8/h2,5-6,8H,1,3-4,7H2. The molecular weight excluding hydrogens is 124 g/mol. The van der Waals surface area contributed by atoms with Crippen LogP contribution in [-0.2, 0) is 4.79 Å². The number of carbonyl (C=O) groups is 1. The Hall–Kier alpha value is -0.850. The van der Waals surface area contributed by atoms with Gasteiger partial charge in [0.15, 0.2) is 5.78 Å². The molecule has 1 unspecified atom stereocenters. The van der Waals surface area contributed by atoms with Crippen molar-refractivity contribution < 1.29 is 4.79 Å². The van der Waals surface area contributed by atoms with Gasteiger partial charge in [0.1, 0.15) is 0 Å². The van der Waals surface area contributed by atoms with Gasteiger partial charge in [-0.3, -0.25) is 4.79 Å². The van der Waals surface area contributed by atoms with Gasteiger partial charge in [0.05, 0.1) is 0 Å². The monoisotopic (exact) mass is 136 g/mol. The summed E-state index contributed by atoms with van der Waals surface area (Å²) in [4.78, 5) is 10.7. The molecule has 10 heavy (non-hydrogen) atoms. The van der Waals surface area contributed by atoms with E-state index in [1.807, 2.05) is 12.2 Å². The summed E-state index contributed by atoms with van der Waals surface area (Å²) in [5.74, 6) is 0.763. The van der Waals surface area contributed by atoms with Gasteiger partial charge in [-0.05, 0) is 24.8 Å². The topological polar surface area (TPSA) is 17.1 Å². The van der Waals surface area contributed by atoms with Gasteiger partial charge in [0.2, 0.25) is 0 Å². The second-order valence-corrected chi connectivity index (χ2v) is 2.66. The molecule has 0 fully saturated rings. The molecule has 0 radical (unpaired) electrons. The van der Waals surface area contributed by atoms with Crippen LogP contribution in [0.15, 0.2) is 24.8 Å². The molecule has 0 aliphatic heterocycles. The van der Waals surface area contributed by atoms with Gasteiger partial charge in [-0.25, -0.2) is 0 Å². The van der Waals surface area contributed by atoms with E-state index in [0.29, 0.717) is 12.3 Å². The summed E-state index contributed by atoms with van der Waals surface area (Å²) in [6, 6.07) is 0. The van der Waals surface area contributed by atoms with E-state index in [-0.39, 0.29) is 5.78 Å². The van der Waals surface area contributed by atoms with Crippen molar-refractivity contribution in [3.05, 3.63) is 24.8 Å². The minimum absolute atomic E-state index is 0.272. The predicted octanol–water partition coefficient (Wildman–Crippen LogP) is 2.10. The zero-order valence-corrected chi connectivity index (χ0v) is 6.05. The number of rotatable bonds is 3. The molecule has 0 heterocycles. The highest BCUT2D eigenvalue weighted by Gasteiger charge is 2.13. The van der Waals surface area contributed by atoms with Crippen LogP contribution in [0.2, 0.25) is 0 Å². The first kappa shape index (κ1) is 7.26. The van der Waals surface area contributed by atoms with Crippen LogP contribution in [0.5, 0.6) is 0 Å². The van der Waals surface area contributed by atoms with Crippen LogP contribution >= 0.6 is 0 Å². The molecule has 1 nitrogen and oxygen atoms in total. The third-order valence-electron chi connectivity index (χ3n) is 1.76. The summed E-state index contributed by atoms with van der Waals surface area (Å²) >= 11 is 0. The lowest BCUT2D eigenvalue weighted by molar-refractivity contribution is -0.114. The number of allylic oxidation sites excluding steroid dienone is 3. The molecule has 0 aromatic heterocycles. The normalized spacial score (nSPS) is 23.6. The fourth-order valence-electron chi connectivity index (χ4n) is 1.17. The third kappa shape index (κ3) is 1.83. The van der Waals surface area contributed by atoms with E-state index in [2.05, 4.69) is 6.58 Å². The lowest BCUT2D eigenvalue weighted by Crippen LogP contribution is -1.94. The van der Waals surface area contributed by atoms with E-state index in [0.717, 1.165) is 12.8 Å². The van der Waals surface area contributed by atoms with Crippen LogP contribution in [0.3, 0.4) is 0 Å². The Balaban J connectivity index is 2.26. The zero-order valence-electron chi connectivity index (χ0n) is 6.05. The highest BCUT2D eigenvalue weighted by atomic mass is 16.1. The molecule has 0 aromatic rings. The van der Waals surface area contributed by atoms with Crippen LogP contribution in [0.25, 0.3) is 0 Å². The van der Waals surface area contributed by atoms with Crippen molar-refractivity contribution in [2.24, 2.45) is 5.92 Å². The molecule has 0 aromatic carbocycles. The maximum atomic E-state index is 10.7. The van der Waals surface area contributed by atoms with Crippen molar-refractivity contribution in [1.82, 2.24) is 0 Å². The molecule has 0 N–H and O–H groups in total. The summed E-state index contributed by atoms with van der Waals surface area (Å²) < 4.78 is 0. The molecule has 0 bridgehead atoms. The molecule has 1 rings (SSSR count). The maximum Gasteiger partial charge on any atom is 0.155 e. The number of hydrogen-bond acceptors (Lipinski definition) is 1.